The Balaban J connectivity index is 1.79. The van der Waals surface area contributed by atoms with Crippen LogP contribution in [0.1, 0.15) is 25.3 Å². The zero-order valence-electron chi connectivity index (χ0n) is 15.6. The molecule has 1 aliphatic rings. The standard InChI is InChI=1S/C18H26F2N4O3/c1-3-26-18(25)24-9-7-14(8-10-24)23-17(21-2)22-12-13-5-4-6-15(11-13)27-16(19)20/h4-6,11,14,16H,3,7-10,12H2,1-2H3,(H2,21,22,23). The molecule has 9 heteroatoms. The number of aliphatic imine (C=N–C) groups is 1. The molecule has 1 saturated heterocycles. The van der Waals surface area contributed by atoms with E-state index in [9.17, 15) is 13.6 Å². The number of piperidine rings is 1. The lowest BCUT2D eigenvalue weighted by molar-refractivity contribution is -0.0498. The van der Waals surface area contributed by atoms with Crippen LogP contribution in [0.15, 0.2) is 29.3 Å². The maximum absolute atomic E-state index is 12.3. The van der Waals surface area contributed by atoms with Gasteiger partial charge in [-0.15, -0.1) is 0 Å². The number of guanidine groups is 1. The van der Waals surface area contributed by atoms with Crippen molar-refractivity contribution in [3.05, 3.63) is 29.8 Å². The Kier molecular flexibility index (Phi) is 8.09. The van der Waals surface area contributed by atoms with Crippen molar-refractivity contribution >= 4 is 12.1 Å². The molecule has 1 amide bonds. The zero-order chi connectivity index (χ0) is 19.6. The molecule has 0 bridgehead atoms. The molecule has 0 atom stereocenters. The third-order valence-electron chi connectivity index (χ3n) is 4.17. The summed E-state index contributed by atoms with van der Waals surface area (Å²) >= 11 is 0. The van der Waals surface area contributed by atoms with Crippen LogP contribution in [-0.2, 0) is 11.3 Å². The van der Waals surface area contributed by atoms with Crippen LogP contribution in [0.2, 0.25) is 0 Å². The number of hydrogen-bond donors (Lipinski definition) is 2. The van der Waals surface area contributed by atoms with Gasteiger partial charge in [0, 0.05) is 32.7 Å². The van der Waals surface area contributed by atoms with Crippen molar-refractivity contribution in [3.8, 4) is 5.75 Å². The minimum atomic E-state index is -2.84. The largest absolute Gasteiger partial charge is 0.450 e. The van der Waals surface area contributed by atoms with Gasteiger partial charge in [-0.25, -0.2) is 4.79 Å². The van der Waals surface area contributed by atoms with Gasteiger partial charge < -0.3 is 25.0 Å². The monoisotopic (exact) mass is 384 g/mol. The number of hydrogen-bond acceptors (Lipinski definition) is 4. The van der Waals surface area contributed by atoms with Crippen molar-refractivity contribution in [2.45, 2.75) is 39.0 Å². The molecule has 0 unspecified atom stereocenters. The SMILES string of the molecule is CCOC(=O)N1CCC(NC(=NC)NCc2cccc(OC(F)F)c2)CC1. The normalized spacial score (nSPS) is 15.6. The lowest BCUT2D eigenvalue weighted by Gasteiger charge is -2.32. The first-order chi connectivity index (χ1) is 13.0. The molecule has 0 aromatic heterocycles. The van der Waals surface area contributed by atoms with Gasteiger partial charge in [-0.05, 0) is 37.5 Å². The summed E-state index contributed by atoms with van der Waals surface area (Å²) in [4.78, 5) is 17.6. The third-order valence-corrected chi connectivity index (χ3v) is 4.17. The van der Waals surface area contributed by atoms with Crippen LogP contribution in [0.25, 0.3) is 0 Å². The quantitative estimate of drug-likeness (QED) is 0.582. The van der Waals surface area contributed by atoms with Crippen LogP contribution in [-0.4, -0.2) is 56.4 Å². The highest BCUT2D eigenvalue weighted by atomic mass is 19.3. The second kappa shape index (κ2) is 10.5. The van der Waals surface area contributed by atoms with E-state index >= 15 is 0 Å². The van der Waals surface area contributed by atoms with Gasteiger partial charge >= 0.3 is 12.7 Å². The van der Waals surface area contributed by atoms with Crippen LogP contribution < -0.4 is 15.4 Å². The first-order valence-corrected chi connectivity index (χ1v) is 8.94. The Morgan fingerprint density at radius 3 is 2.74 bits per heavy atom. The molecule has 1 fully saturated rings. The molecule has 0 spiro atoms. The summed E-state index contributed by atoms with van der Waals surface area (Å²) in [5.74, 6) is 0.739. The first-order valence-electron chi connectivity index (χ1n) is 8.94. The van der Waals surface area contributed by atoms with E-state index in [0.717, 1.165) is 18.4 Å². The van der Waals surface area contributed by atoms with Gasteiger partial charge in [0.1, 0.15) is 5.75 Å². The molecule has 27 heavy (non-hydrogen) atoms. The molecule has 0 aliphatic carbocycles. The third kappa shape index (κ3) is 6.92. The molecule has 1 heterocycles. The maximum Gasteiger partial charge on any atom is 0.409 e. The summed E-state index contributed by atoms with van der Waals surface area (Å²) in [7, 11) is 1.67. The van der Waals surface area contributed by atoms with Crippen LogP contribution in [0, 0.1) is 0 Å². The van der Waals surface area contributed by atoms with E-state index < -0.39 is 6.61 Å². The minimum absolute atomic E-state index is 0.124. The summed E-state index contributed by atoms with van der Waals surface area (Å²) < 4.78 is 34.0. The number of benzene rings is 1. The van der Waals surface area contributed by atoms with E-state index in [1.54, 1.807) is 31.0 Å². The molecule has 1 aliphatic heterocycles. The number of amides is 1. The molecule has 0 radical (unpaired) electrons. The van der Waals surface area contributed by atoms with Gasteiger partial charge in [0.25, 0.3) is 0 Å². The molecule has 150 valence electrons. The number of carbonyl (C=O) groups is 1. The summed E-state index contributed by atoms with van der Waals surface area (Å²) in [6.07, 6.45) is 1.30. The van der Waals surface area contributed by atoms with Gasteiger partial charge in [0.2, 0.25) is 0 Å². The van der Waals surface area contributed by atoms with Gasteiger partial charge in [0.15, 0.2) is 5.96 Å². The topological polar surface area (TPSA) is 75.2 Å². The molecular formula is C18H26F2N4O3. The highest BCUT2D eigenvalue weighted by molar-refractivity contribution is 5.80. The lowest BCUT2D eigenvalue weighted by Crippen LogP contribution is -2.49. The average Bonchev–Trinajstić information content (AvgIpc) is 2.65. The molecule has 7 nitrogen and oxygen atoms in total. The number of halogens is 2. The fourth-order valence-electron chi connectivity index (χ4n) is 2.83. The van der Waals surface area contributed by atoms with Crippen molar-refractivity contribution in [2.24, 2.45) is 4.99 Å². The van der Waals surface area contributed by atoms with Gasteiger partial charge in [-0.2, -0.15) is 8.78 Å². The van der Waals surface area contributed by atoms with E-state index in [1.165, 1.54) is 6.07 Å². The van der Waals surface area contributed by atoms with Crippen molar-refractivity contribution < 1.29 is 23.0 Å². The molecule has 2 rings (SSSR count). The molecule has 1 aromatic rings. The average molecular weight is 384 g/mol. The maximum atomic E-state index is 12.3. The number of likely N-dealkylation sites (tertiary alicyclic amines) is 1. The number of nitrogens with zero attached hydrogens (tertiary/aromatic N) is 2. The van der Waals surface area contributed by atoms with Crippen molar-refractivity contribution in [2.75, 3.05) is 26.7 Å². The second-order valence-corrected chi connectivity index (χ2v) is 6.06. The number of nitrogens with one attached hydrogen (secondary N) is 2. The Bertz CT molecular complexity index is 635. The van der Waals surface area contributed by atoms with Crippen molar-refractivity contribution in [1.29, 1.82) is 0 Å². The van der Waals surface area contributed by atoms with Crippen LogP contribution >= 0.6 is 0 Å². The fourth-order valence-corrected chi connectivity index (χ4v) is 2.83. The molecular weight excluding hydrogens is 358 g/mol. The predicted octanol–water partition coefficient (Wildman–Crippen LogP) is 2.57. The Morgan fingerprint density at radius 1 is 1.37 bits per heavy atom. The second-order valence-electron chi connectivity index (χ2n) is 6.06. The van der Waals surface area contributed by atoms with Gasteiger partial charge in [-0.1, -0.05) is 12.1 Å². The lowest BCUT2D eigenvalue weighted by atomic mass is 10.1. The number of rotatable bonds is 6. The Morgan fingerprint density at radius 2 is 2.11 bits per heavy atom. The van der Waals surface area contributed by atoms with E-state index in [2.05, 4.69) is 20.4 Å². The van der Waals surface area contributed by atoms with E-state index in [1.807, 2.05) is 6.07 Å². The Hall–Kier alpha value is -2.58. The van der Waals surface area contributed by atoms with Crippen molar-refractivity contribution in [1.82, 2.24) is 15.5 Å². The van der Waals surface area contributed by atoms with Crippen LogP contribution in [0.4, 0.5) is 13.6 Å². The summed E-state index contributed by atoms with van der Waals surface area (Å²) in [6.45, 7) is 0.986. The molecule has 1 aromatic carbocycles. The Labute approximate surface area is 157 Å². The first kappa shape index (κ1) is 20.7. The van der Waals surface area contributed by atoms with E-state index in [4.69, 9.17) is 4.74 Å². The highest BCUT2D eigenvalue weighted by Crippen LogP contribution is 2.16. The van der Waals surface area contributed by atoms with E-state index in [-0.39, 0.29) is 17.9 Å². The smallest absolute Gasteiger partial charge is 0.409 e. The summed E-state index contributed by atoms with van der Waals surface area (Å²) in [6, 6.07) is 6.71. The molecule has 0 saturated carbocycles. The molecule has 2 N–H and O–H groups in total. The van der Waals surface area contributed by atoms with Crippen molar-refractivity contribution in [3.63, 3.8) is 0 Å². The highest BCUT2D eigenvalue weighted by Gasteiger charge is 2.24. The minimum Gasteiger partial charge on any atom is -0.450 e. The number of carbonyl (C=O) groups excluding carboxylic acids is 1. The van der Waals surface area contributed by atoms with E-state index in [0.29, 0.717) is 32.2 Å². The zero-order valence-corrected chi connectivity index (χ0v) is 15.6. The van der Waals surface area contributed by atoms with Gasteiger partial charge in [0.05, 0.1) is 6.61 Å². The predicted molar refractivity (Wildman–Crippen MR) is 98.0 cm³/mol. The van der Waals surface area contributed by atoms with Crippen LogP contribution in [0.3, 0.4) is 0 Å². The number of alkyl halides is 2. The van der Waals surface area contributed by atoms with Crippen LogP contribution in [0.5, 0.6) is 5.75 Å². The fraction of sp³-hybridized carbons (Fsp3) is 0.556. The van der Waals surface area contributed by atoms with Gasteiger partial charge in [-0.3, -0.25) is 4.99 Å². The summed E-state index contributed by atoms with van der Waals surface area (Å²) in [5.41, 5.74) is 0.799. The number of ether oxygens (including phenoxy) is 2. The summed E-state index contributed by atoms with van der Waals surface area (Å²) in [5, 5.41) is 6.48.